The first kappa shape index (κ1) is 16.8. The number of halogens is 1. The second-order valence-corrected chi connectivity index (χ2v) is 4.55. The summed E-state index contributed by atoms with van der Waals surface area (Å²) in [4.78, 5) is 24.7. The molecule has 0 spiro atoms. The second kappa shape index (κ2) is 8.13. The zero-order valence-corrected chi connectivity index (χ0v) is 12.7. The van der Waals surface area contributed by atoms with Crippen LogP contribution in [0.1, 0.15) is 12.5 Å². The van der Waals surface area contributed by atoms with Crippen LogP contribution in [0.4, 0.5) is 5.69 Å². The van der Waals surface area contributed by atoms with Crippen LogP contribution in [-0.2, 0) is 14.3 Å². The first-order valence-corrected chi connectivity index (χ1v) is 6.73. The predicted molar refractivity (Wildman–Crippen MR) is 83.1 cm³/mol. The minimum atomic E-state index is -0.571. The van der Waals surface area contributed by atoms with Gasteiger partial charge in [-0.25, -0.2) is 4.79 Å². The Morgan fingerprint density at radius 3 is 2.71 bits per heavy atom. The maximum absolute atomic E-state index is 12.1. The van der Waals surface area contributed by atoms with Crippen LogP contribution in [0.15, 0.2) is 30.4 Å². The lowest BCUT2D eigenvalue weighted by atomic mass is 10.2. The Hall–Kier alpha value is -2.25. The zero-order valence-electron chi connectivity index (χ0n) is 11.9. The number of aryl methyl sites for hydroxylation is 1. The number of hydrogen-bond acceptors (Lipinski definition) is 3. The van der Waals surface area contributed by atoms with Crippen molar-refractivity contribution in [1.82, 2.24) is 0 Å². The number of esters is 1. The van der Waals surface area contributed by atoms with Crippen LogP contribution in [0.25, 0.3) is 0 Å². The quantitative estimate of drug-likeness (QED) is 0.477. The van der Waals surface area contributed by atoms with E-state index in [1.165, 1.54) is 4.90 Å². The Morgan fingerprint density at radius 1 is 1.43 bits per heavy atom. The zero-order chi connectivity index (χ0) is 15.8. The van der Waals surface area contributed by atoms with Crippen molar-refractivity contribution < 1.29 is 14.3 Å². The highest BCUT2D eigenvalue weighted by atomic mass is 35.5. The summed E-state index contributed by atoms with van der Waals surface area (Å²) in [5.41, 5.74) is 1.45. The molecule has 0 N–H and O–H groups in total. The summed E-state index contributed by atoms with van der Waals surface area (Å²) >= 11 is 5.96. The normalized spacial score (nSPS) is 10.2. The fraction of sp³-hybridized carbons (Fsp3) is 0.250. The van der Waals surface area contributed by atoms with E-state index in [4.69, 9.17) is 22.8 Å². The Balaban J connectivity index is 2.95. The summed E-state index contributed by atoms with van der Waals surface area (Å²) < 4.78 is 4.72. The van der Waals surface area contributed by atoms with Gasteiger partial charge in [0.05, 0.1) is 13.2 Å². The van der Waals surface area contributed by atoms with E-state index in [0.29, 0.717) is 10.7 Å². The van der Waals surface area contributed by atoms with Gasteiger partial charge in [0, 0.05) is 22.9 Å². The smallest absolute Gasteiger partial charge is 0.330 e. The number of amides is 1. The lowest BCUT2D eigenvalue weighted by Crippen LogP contribution is -2.29. The average Bonchev–Trinajstić information content (AvgIpc) is 2.45. The van der Waals surface area contributed by atoms with Crippen LogP contribution in [0.2, 0.25) is 5.02 Å². The van der Waals surface area contributed by atoms with E-state index < -0.39 is 11.9 Å². The van der Waals surface area contributed by atoms with Crippen molar-refractivity contribution in [3.8, 4) is 12.3 Å². The number of benzene rings is 1. The fourth-order valence-electron chi connectivity index (χ4n) is 1.60. The molecule has 5 heteroatoms. The molecule has 0 atom stereocenters. The van der Waals surface area contributed by atoms with Crippen LogP contribution >= 0.6 is 11.6 Å². The Bertz CT molecular complexity index is 602. The van der Waals surface area contributed by atoms with E-state index in [-0.39, 0.29) is 13.2 Å². The maximum Gasteiger partial charge on any atom is 0.330 e. The molecule has 4 nitrogen and oxygen atoms in total. The van der Waals surface area contributed by atoms with E-state index in [1.807, 2.05) is 6.92 Å². The Morgan fingerprint density at radius 2 is 2.14 bits per heavy atom. The topological polar surface area (TPSA) is 46.6 Å². The molecular formula is C16H16ClNO3. The van der Waals surface area contributed by atoms with Crippen molar-refractivity contribution in [1.29, 1.82) is 0 Å². The molecule has 1 amide bonds. The summed E-state index contributed by atoms with van der Waals surface area (Å²) in [6.07, 6.45) is 7.51. The molecule has 0 unspecified atom stereocenters. The monoisotopic (exact) mass is 305 g/mol. The van der Waals surface area contributed by atoms with Crippen molar-refractivity contribution in [3.05, 3.63) is 40.9 Å². The first-order chi connectivity index (χ1) is 9.99. The molecule has 0 radical (unpaired) electrons. The lowest BCUT2D eigenvalue weighted by Gasteiger charge is -2.19. The summed E-state index contributed by atoms with van der Waals surface area (Å²) in [6, 6.07) is 5.15. The molecular weight excluding hydrogens is 290 g/mol. The highest BCUT2D eigenvalue weighted by molar-refractivity contribution is 6.31. The lowest BCUT2D eigenvalue weighted by molar-refractivity contribution is -0.137. The average molecular weight is 306 g/mol. The molecule has 1 rings (SSSR count). The molecule has 1 aromatic rings. The summed E-state index contributed by atoms with van der Waals surface area (Å²) in [5, 5.41) is 0.605. The van der Waals surface area contributed by atoms with Gasteiger partial charge in [0.25, 0.3) is 5.91 Å². The molecule has 0 heterocycles. The van der Waals surface area contributed by atoms with Crippen LogP contribution < -0.4 is 4.90 Å². The number of rotatable bonds is 5. The number of carbonyl (C=O) groups is 2. The predicted octanol–water partition coefficient (Wildman–Crippen LogP) is 2.73. The van der Waals surface area contributed by atoms with Gasteiger partial charge in [-0.2, -0.15) is 0 Å². The third-order valence-corrected chi connectivity index (χ3v) is 3.04. The molecule has 21 heavy (non-hydrogen) atoms. The van der Waals surface area contributed by atoms with E-state index in [2.05, 4.69) is 5.92 Å². The third-order valence-electron chi connectivity index (χ3n) is 2.62. The molecule has 0 saturated heterocycles. The SMILES string of the molecule is C#CCN(C(=O)/C=C/C(=O)OCC)c1ccc(Cl)c(C)c1. The second-order valence-electron chi connectivity index (χ2n) is 4.15. The van der Waals surface area contributed by atoms with Gasteiger partial charge in [-0.15, -0.1) is 6.42 Å². The maximum atomic E-state index is 12.1. The van der Waals surface area contributed by atoms with E-state index in [9.17, 15) is 9.59 Å². The number of ether oxygens (including phenoxy) is 1. The summed E-state index contributed by atoms with van der Waals surface area (Å²) in [7, 11) is 0. The largest absolute Gasteiger partial charge is 0.463 e. The summed E-state index contributed by atoms with van der Waals surface area (Å²) in [6.45, 7) is 3.86. The molecule has 0 aliphatic carbocycles. The van der Waals surface area contributed by atoms with Gasteiger partial charge in [0.15, 0.2) is 0 Å². The minimum Gasteiger partial charge on any atom is -0.463 e. The minimum absolute atomic E-state index is 0.0903. The number of anilines is 1. The molecule has 0 fully saturated rings. The van der Waals surface area contributed by atoms with E-state index in [0.717, 1.165) is 17.7 Å². The Kier molecular flexibility index (Phi) is 6.51. The number of hydrogen-bond donors (Lipinski definition) is 0. The standard InChI is InChI=1S/C16H16ClNO3/c1-4-10-18(13-6-7-14(17)12(3)11-13)15(19)8-9-16(20)21-5-2/h1,6-9,11H,5,10H2,2-3H3/b9-8+. The number of nitrogens with zero attached hydrogens (tertiary/aromatic N) is 1. The van der Waals surface area contributed by atoms with Crippen LogP contribution in [-0.4, -0.2) is 25.0 Å². The highest BCUT2D eigenvalue weighted by Crippen LogP contribution is 2.22. The van der Waals surface area contributed by atoms with Crippen molar-refractivity contribution in [2.24, 2.45) is 0 Å². The highest BCUT2D eigenvalue weighted by Gasteiger charge is 2.13. The van der Waals surface area contributed by atoms with Gasteiger partial charge < -0.3 is 4.74 Å². The Labute approximate surface area is 129 Å². The first-order valence-electron chi connectivity index (χ1n) is 6.35. The van der Waals surface area contributed by atoms with Gasteiger partial charge >= 0.3 is 5.97 Å². The van der Waals surface area contributed by atoms with Gasteiger partial charge in [0.2, 0.25) is 0 Å². The molecule has 0 aliphatic rings. The van der Waals surface area contributed by atoms with Gasteiger partial charge in [-0.1, -0.05) is 17.5 Å². The van der Waals surface area contributed by atoms with Crippen molar-refractivity contribution in [2.45, 2.75) is 13.8 Å². The molecule has 1 aromatic carbocycles. The number of terminal acetylenes is 1. The fourth-order valence-corrected chi connectivity index (χ4v) is 1.72. The third kappa shape index (κ3) is 4.97. The van der Waals surface area contributed by atoms with Crippen LogP contribution in [0.5, 0.6) is 0 Å². The van der Waals surface area contributed by atoms with Crippen LogP contribution in [0, 0.1) is 19.3 Å². The van der Waals surface area contributed by atoms with Gasteiger partial charge in [0.1, 0.15) is 0 Å². The van der Waals surface area contributed by atoms with E-state index >= 15 is 0 Å². The molecule has 0 bridgehead atoms. The molecule has 0 saturated carbocycles. The van der Waals surface area contributed by atoms with Gasteiger partial charge in [-0.3, -0.25) is 9.69 Å². The van der Waals surface area contributed by atoms with Crippen molar-refractivity contribution in [2.75, 3.05) is 18.1 Å². The molecule has 110 valence electrons. The summed E-state index contributed by atoms with van der Waals surface area (Å²) in [5.74, 6) is 1.45. The van der Waals surface area contributed by atoms with Gasteiger partial charge in [-0.05, 0) is 37.6 Å². The van der Waals surface area contributed by atoms with Crippen molar-refractivity contribution >= 4 is 29.2 Å². The number of carbonyl (C=O) groups excluding carboxylic acids is 2. The van der Waals surface area contributed by atoms with Crippen molar-refractivity contribution in [3.63, 3.8) is 0 Å². The molecule has 0 aliphatic heterocycles. The van der Waals surface area contributed by atoms with E-state index in [1.54, 1.807) is 25.1 Å². The van der Waals surface area contributed by atoms with Crippen LogP contribution in [0.3, 0.4) is 0 Å². The molecule has 0 aromatic heterocycles.